The van der Waals surface area contributed by atoms with Crippen LogP contribution in [0.2, 0.25) is 0 Å². The Balaban J connectivity index is 1.23. The fourth-order valence-corrected chi connectivity index (χ4v) is 7.60. The van der Waals surface area contributed by atoms with Crippen LogP contribution in [0.25, 0.3) is 66.7 Å². The van der Waals surface area contributed by atoms with Crippen molar-refractivity contribution in [2.24, 2.45) is 5.92 Å². The average Bonchev–Trinajstić information content (AvgIpc) is 3.73. The highest BCUT2D eigenvalue weighted by atomic mass is 15.0. The lowest BCUT2D eigenvalue weighted by Gasteiger charge is -2.23. The van der Waals surface area contributed by atoms with Gasteiger partial charge in [0.05, 0.1) is 22.4 Å². The van der Waals surface area contributed by atoms with Gasteiger partial charge in [-0.05, 0) is 94.3 Å². The Morgan fingerprint density at radius 2 is 0.878 bits per heavy atom. The Hall–Kier alpha value is -6.12. The van der Waals surface area contributed by atoms with Gasteiger partial charge in [0.15, 0.2) is 0 Å². The predicted octanol–water partition coefficient (Wildman–Crippen LogP) is 12.4. The van der Waals surface area contributed by atoms with Gasteiger partial charge in [0.25, 0.3) is 0 Å². The Bertz CT molecular complexity index is 2480. The number of hydrogen-bond acceptors (Lipinski definition) is 0. The highest BCUT2D eigenvalue weighted by Gasteiger charge is 2.23. The first-order chi connectivity index (χ1) is 24.2. The van der Waals surface area contributed by atoms with Crippen molar-refractivity contribution in [3.8, 4) is 33.8 Å². The normalized spacial score (nSPS) is 14.6. The van der Waals surface area contributed by atoms with Gasteiger partial charge in [-0.2, -0.15) is 0 Å². The maximum Gasteiger partial charge on any atom is 0.0542 e. The maximum atomic E-state index is 2.46. The average molecular weight is 629 g/mol. The number of para-hydroxylation sites is 2. The van der Waals surface area contributed by atoms with Gasteiger partial charge in [0.1, 0.15) is 0 Å². The third-order valence-electron chi connectivity index (χ3n) is 10.00. The van der Waals surface area contributed by atoms with Gasteiger partial charge in [-0.1, -0.05) is 140 Å². The van der Waals surface area contributed by atoms with Crippen LogP contribution in [0.1, 0.15) is 24.6 Å². The molecule has 49 heavy (non-hydrogen) atoms. The number of fused-ring (bicyclic) bond motifs is 2. The Morgan fingerprint density at radius 3 is 1.43 bits per heavy atom. The van der Waals surface area contributed by atoms with Crippen LogP contribution in [0.5, 0.6) is 0 Å². The smallest absolute Gasteiger partial charge is 0.0542 e. The minimum absolute atomic E-state index is 0.419. The van der Waals surface area contributed by atoms with Crippen LogP contribution >= 0.6 is 0 Å². The van der Waals surface area contributed by atoms with Crippen LogP contribution in [0.15, 0.2) is 182 Å². The molecule has 9 rings (SSSR count). The number of benzene rings is 6. The van der Waals surface area contributed by atoms with E-state index in [1.807, 2.05) is 0 Å². The number of rotatable bonds is 6. The van der Waals surface area contributed by atoms with Gasteiger partial charge in [-0.3, -0.25) is 0 Å². The Kier molecular flexibility index (Phi) is 7.21. The van der Waals surface area contributed by atoms with E-state index in [0.29, 0.717) is 5.92 Å². The Morgan fingerprint density at radius 1 is 0.429 bits per heavy atom. The van der Waals surface area contributed by atoms with Gasteiger partial charge >= 0.3 is 0 Å². The minimum Gasteiger partial charge on any atom is -0.310 e. The summed E-state index contributed by atoms with van der Waals surface area (Å²) in [6.07, 6.45) is 5.67. The zero-order chi connectivity index (χ0) is 32.7. The molecule has 234 valence electrons. The van der Waals surface area contributed by atoms with Crippen molar-refractivity contribution >= 4 is 33.0 Å². The first-order valence-corrected chi connectivity index (χ1v) is 17.2. The van der Waals surface area contributed by atoms with Crippen LogP contribution in [-0.4, -0.2) is 9.13 Å². The fraction of sp³-hybridized carbons (Fsp3) is 0.0638. The number of aromatic nitrogens is 2. The molecule has 2 heterocycles. The topological polar surface area (TPSA) is 9.86 Å². The summed E-state index contributed by atoms with van der Waals surface area (Å²) in [5.41, 5.74) is 14.9. The highest BCUT2D eigenvalue weighted by molar-refractivity contribution is 6.02. The number of hydrogen-bond donors (Lipinski definition) is 0. The molecule has 0 fully saturated rings. The monoisotopic (exact) mass is 628 g/mol. The van der Waals surface area contributed by atoms with Crippen LogP contribution in [0.3, 0.4) is 0 Å². The quantitative estimate of drug-likeness (QED) is 0.173. The summed E-state index contributed by atoms with van der Waals surface area (Å²) in [7, 11) is 0. The van der Waals surface area contributed by atoms with Crippen molar-refractivity contribution < 1.29 is 0 Å². The maximum absolute atomic E-state index is 2.46. The molecule has 0 aliphatic heterocycles. The molecule has 0 saturated heterocycles. The molecule has 0 N–H and O–H groups in total. The van der Waals surface area contributed by atoms with Crippen molar-refractivity contribution in [1.82, 2.24) is 9.13 Å². The van der Waals surface area contributed by atoms with Crippen LogP contribution < -0.4 is 0 Å². The predicted molar refractivity (Wildman–Crippen MR) is 207 cm³/mol. The second kappa shape index (κ2) is 12.2. The summed E-state index contributed by atoms with van der Waals surface area (Å²) in [6.45, 7) is 2.35. The molecule has 1 aliphatic rings. The molecular formula is C47H36N2. The van der Waals surface area contributed by atoms with Crippen LogP contribution in [0, 0.1) is 5.92 Å². The molecule has 0 bridgehead atoms. The third-order valence-corrected chi connectivity index (χ3v) is 10.00. The van der Waals surface area contributed by atoms with E-state index >= 15 is 0 Å². The Labute approximate surface area is 287 Å². The molecule has 2 nitrogen and oxygen atoms in total. The first-order valence-electron chi connectivity index (χ1n) is 17.2. The van der Waals surface area contributed by atoms with E-state index in [9.17, 15) is 0 Å². The second-order valence-electron chi connectivity index (χ2n) is 13.1. The third kappa shape index (κ3) is 5.23. The first kappa shape index (κ1) is 29.1. The van der Waals surface area contributed by atoms with Crippen molar-refractivity contribution in [3.63, 3.8) is 0 Å². The van der Waals surface area contributed by atoms with Gasteiger partial charge < -0.3 is 9.13 Å². The largest absolute Gasteiger partial charge is 0.310 e. The summed E-state index contributed by atoms with van der Waals surface area (Å²) >= 11 is 0. The van der Waals surface area contributed by atoms with Crippen molar-refractivity contribution in [3.05, 3.63) is 193 Å². The summed E-state index contributed by atoms with van der Waals surface area (Å²) in [4.78, 5) is 0. The van der Waals surface area contributed by atoms with Gasteiger partial charge in [0.2, 0.25) is 0 Å². The van der Waals surface area contributed by atoms with Gasteiger partial charge in [0, 0.05) is 22.1 Å². The molecule has 2 heteroatoms. The standard InChI is InChI=1S/C47H36N2/c1-33-28-38(26-27-43(33)36-16-8-3-9-17-36)45-30-40-32-46-39(31-47(40)49(45)42-20-12-5-13-21-42)29-44(48(46)41-18-10-4-11-19-41)37-24-22-35(23-25-37)34-14-6-2-7-15-34/h2-27,29-33H,28H2,1H3. The van der Waals surface area contributed by atoms with E-state index in [0.717, 1.165) is 12.1 Å². The SMILES string of the molecule is CC1CC(c2cc3cc4c(cc(-c5ccc(-c6ccccc6)cc5)n4-c4ccccc4)cc3n2-c2ccccc2)=CC=C1c1ccccc1. The molecule has 1 aliphatic carbocycles. The molecule has 0 radical (unpaired) electrons. The summed E-state index contributed by atoms with van der Waals surface area (Å²) in [5, 5.41) is 2.46. The van der Waals surface area contributed by atoms with Crippen LogP contribution in [0.4, 0.5) is 0 Å². The zero-order valence-corrected chi connectivity index (χ0v) is 27.5. The van der Waals surface area contributed by atoms with E-state index in [4.69, 9.17) is 0 Å². The highest BCUT2D eigenvalue weighted by Crippen LogP contribution is 2.41. The molecule has 1 unspecified atom stereocenters. The van der Waals surface area contributed by atoms with Crippen molar-refractivity contribution in [2.45, 2.75) is 13.3 Å². The van der Waals surface area contributed by atoms with E-state index in [-0.39, 0.29) is 0 Å². The van der Waals surface area contributed by atoms with E-state index in [1.54, 1.807) is 0 Å². The number of allylic oxidation sites excluding steroid dienone is 4. The molecular weight excluding hydrogens is 593 g/mol. The zero-order valence-electron chi connectivity index (χ0n) is 27.5. The van der Waals surface area contributed by atoms with E-state index in [1.165, 1.54) is 72.3 Å². The lowest BCUT2D eigenvalue weighted by atomic mass is 9.83. The van der Waals surface area contributed by atoms with E-state index in [2.05, 4.69) is 198 Å². The molecule has 2 aromatic heterocycles. The lowest BCUT2D eigenvalue weighted by molar-refractivity contribution is 0.766. The minimum atomic E-state index is 0.419. The molecule has 1 atom stereocenters. The molecule has 8 aromatic rings. The lowest BCUT2D eigenvalue weighted by Crippen LogP contribution is -2.07. The molecule has 6 aromatic carbocycles. The van der Waals surface area contributed by atoms with Crippen molar-refractivity contribution in [1.29, 1.82) is 0 Å². The summed E-state index contributed by atoms with van der Waals surface area (Å²) in [6, 6.07) is 61.5. The van der Waals surface area contributed by atoms with E-state index < -0.39 is 0 Å². The van der Waals surface area contributed by atoms with Crippen LogP contribution in [-0.2, 0) is 0 Å². The molecule has 0 spiro atoms. The molecule has 0 saturated carbocycles. The van der Waals surface area contributed by atoms with Crippen molar-refractivity contribution in [2.75, 3.05) is 0 Å². The summed E-state index contributed by atoms with van der Waals surface area (Å²) < 4.78 is 4.88. The van der Waals surface area contributed by atoms with Gasteiger partial charge in [-0.15, -0.1) is 0 Å². The molecule has 0 amide bonds. The fourth-order valence-electron chi connectivity index (χ4n) is 7.60. The second-order valence-corrected chi connectivity index (χ2v) is 13.1. The number of nitrogens with zero attached hydrogens (tertiary/aromatic N) is 2. The van der Waals surface area contributed by atoms with Gasteiger partial charge in [-0.25, -0.2) is 0 Å². The summed E-state index contributed by atoms with van der Waals surface area (Å²) in [5.74, 6) is 0.419.